The van der Waals surface area contributed by atoms with Crippen LogP contribution in [-0.4, -0.2) is 23.5 Å². The van der Waals surface area contributed by atoms with E-state index in [9.17, 15) is 5.26 Å². The number of fused-ring (bicyclic) bond motifs is 1. The van der Waals surface area contributed by atoms with Crippen LogP contribution in [0.3, 0.4) is 0 Å². The molecule has 2 aliphatic carbocycles. The maximum Gasteiger partial charge on any atom is 0.101 e. The molecular weight excluding hydrogens is 404 g/mol. The fourth-order valence-corrected chi connectivity index (χ4v) is 6.43. The van der Waals surface area contributed by atoms with E-state index in [0.717, 1.165) is 74.4 Å². The van der Waals surface area contributed by atoms with E-state index in [1.807, 2.05) is 0 Å². The molecule has 1 aromatic rings. The molecule has 1 aromatic carbocycles. The second-order valence-electron chi connectivity index (χ2n) is 10.1. The first-order valence-electron chi connectivity index (χ1n) is 12.2. The van der Waals surface area contributed by atoms with E-state index < -0.39 is 0 Å². The van der Waals surface area contributed by atoms with Gasteiger partial charge in [-0.15, -0.1) is 0 Å². The summed E-state index contributed by atoms with van der Waals surface area (Å²) in [5, 5.41) is 16.7. The van der Waals surface area contributed by atoms with Crippen molar-refractivity contribution in [3.63, 3.8) is 0 Å². The molecule has 2 saturated heterocycles. The van der Waals surface area contributed by atoms with Crippen LogP contribution < -0.4 is 10.6 Å². The first-order valence-corrected chi connectivity index (χ1v) is 12.2. The Kier molecular flexibility index (Phi) is 5.44. The molecule has 0 spiro atoms. The predicted octanol–water partition coefficient (Wildman–Crippen LogP) is 5.33. The Balaban J connectivity index is 1.35. The third kappa shape index (κ3) is 3.70. The van der Waals surface area contributed by atoms with Crippen LogP contribution in [0, 0.1) is 30.1 Å². The molecule has 0 aromatic heterocycles. The van der Waals surface area contributed by atoms with E-state index >= 15 is 0 Å². The summed E-state index contributed by atoms with van der Waals surface area (Å²) in [5.41, 5.74) is 8.10. The van der Waals surface area contributed by atoms with Crippen molar-refractivity contribution in [2.75, 3.05) is 13.1 Å². The monoisotopic (exact) mass is 438 g/mol. The van der Waals surface area contributed by atoms with Crippen LogP contribution in [0.1, 0.15) is 48.8 Å². The number of allylic oxidation sites excluding steroid dienone is 4. The number of likely N-dealkylation sites (tertiary alicyclic amines) is 1. The van der Waals surface area contributed by atoms with Gasteiger partial charge >= 0.3 is 0 Å². The van der Waals surface area contributed by atoms with Gasteiger partial charge in [-0.3, -0.25) is 0 Å². The fraction of sp³-hybridized carbons (Fsp3) is 0.414. The lowest BCUT2D eigenvalue weighted by atomic mass is 9.70. The fourth-order valence-electron chi connectivity index (χ4n) is 6.43. The molecule has 0 saturated carbocycles. The minimum Gasteiger partial charge on any atom is -0.371 e. The smallest absolute Gasteiger partial charge is 0.101 e. The van der Waals surface area contributed by atoms with Gasteiger partial charge in [0.25, 0.3) is 0 Å². The van der Waals surface area contributed by atoms with Crippen molar-refractivity contribution in [3.05, 3.63) is 89.6 Å². The van der Waals surface area contributed by atoms with Crippen LogP contribution in [0.4, 0.5) is 0 Å². The lowest BCUT2D eigenvalue weighted by molar-refractivity contribution is 0.148. The summed E-state index contributed by atoms with van der Waals surface area (Å²) >= 11 is 0. The molecule has 5 rings (SSSR count). The Morgan fingerprint density at radius 2 is 1.91 bits per heavy atom. The molecule has 4 aliphatic rings. The SMILES string of the molecule is C=C1NC(=C)C(CC2Cc3cc(C)ccc3C2=C)(C2CCN(C3=CCCC=C3C#N)CC2)N1. The second-order valence-corrected chi connectivity index (χ2v) is 10.1. The van der Waals surface area contributed by atoms with Crippen LogP contribution in [0.5, 0.6) is 0 Å². The van der Waals surface area contributed by atoms with Crippen molar-refractivity contribution < 1.29 is 0 Å². The number of piperidine rings is 1. The number of aryl methyl sites for hydroxylation is 1. The standard InChI is InChI=1S/C29H34N4/c1-19-9-10-27-20(2)25(16-24(27)15-19)17-29(21(3)31-22(4)32-29)26-11-13-33(14-12-26)28-8-6-5-7-23(28)18-30/h7-10,15,25-26,31-32H,2-6,11-14,16-17H2,1H3. The summed E-state index contributed by atoms with van der Waals surface area (Å²) < 4.78 is 0. The molecule has 4 heteroatoms. The molecule has 2 aliphatic heterocycles. The van der Waals surface area contributed by atoms with E-state index in [0.29, 0.717) is 11.8 Å². The van der Waals surface area contributed by atoms with E-state index in [-0.39, 0.29) is 5.54 Å². The maximum absolute atomic E-state index is 9.56. The van der Waals surface area contributed by atoms with Crippen LogP contribution in [0.15, 0.2) is 72.9 Å². The van der Waals surface area contributed by atoms with Crippen molar-refractivity contribution in [1.82, 2.24) is 15.5 Å². The molecule has 33 heavy (non-hydrogen) atoms. The van der Waals surface area contributed by atoms with Crippen LogP contribution in [0.2, 0.25) is 0 Å². The lowest BCUT2D eigenvalue weighted by Crippen LogP contribution is -2.52. The normalized spacial score (nSPS) is 27.5. The molecule has 2 N–H and O–H groups in total. The Bertz CT molecular complexity index is 1120. The highest BCUT2D eigenvalue weighted by molar-refractivity contribution is 5.73. The van der Waals surface area contributed by atoms with Gasteiger partial charge in [0.1, 0.15) is 6.07 Å². The molecule has 0 radical (unpaired) electrons. The first-order chi connectivity index (χ1) is 15.9. The number of nitrogens with zero attached hydrogens (tertiary/aromatic N) is 2. The topological polar surface area (TPSA) is 51.1 Å². The zero-order valence-corrected chi connectivity index (χ0v) is 19.7. The highest BCUT2D eigenvalue weighted by atomic mass is 15.2. The molecule has 0 amide bonds. The number of benzene rings is 1. The van der Waals surface area contributed by atoms with E-state index in [2.05, 4.69) is 78.6 Å². The van der Waals surface area contributed by atoms with Crippen molar-refractivity contribution in [1.29, 1.82) is 5.26 Å². The molecule has 2 atom stereocenters. The number of rotatable bonds is 4. The molecule has 4 nitrogen and oxygen atoms in total. The quantitative estimate of drug-likeness (QED) is 0.667. The first kappa shape index (κ1) is 21.6. The molecule has 2 fully saturated rings. The van der Waals surface area contributed by atoms with Gasteiger partial charge in [-0.05, 0) is 74.0 Å². The number of nitrogens with one attached hydrogen (secondary N) is 2. The summed E-state index contributed by atoms with van der Waals surface area (Å²) in [4.78, 5) is 2.41. The van der Waals surface area contributed by atoms with Crippen molar-refractivity contribution in [3.8, 4) is 6.07 Å². The minimum absolute atomic E-state index is 0.220. The van der Waals surface area contributed by atoms with Gasteiger partial charge in [-0.2, -0.15) is 5.26 Å². The van der Waals surface area contributed by atoms with Crippen molar-refractivity contribution in [2.24, 2.45) is 11.8 Å². The van der Waals surface area contributed by atoms with Gasteiger partial charge in [0.15, 0.2) is 0 Å². The van der Waals surface area contributed by atoms with E-state index in [1.54, 1.807) is 0 Å². The summed E-state index contributed by atoms with van der Waals surface area (Å²) in [5.74, 6) is 1.69. The van der Waals surface area contributed by atoms with E-state index in [4.69, 9.17) is 0 Å². The number of hydrogen-bond acceptors (Lipinski definition) is 4. The van der Waals surface area contributed by atoms with Crippen LogP contribution in [-0.2, 0) is 6.42 Å². The summed E-state index contributed by atoms with van der Waals surface area (Å²) in [6.45, 7) is 17.2. The zero-order valence-electron chi connectivity index (χ0n) is 19.7. The van der Waals surface area contributed by atoms with Crippen molar-refractivity contribution in [2.45, 2.75) is 51.0 Å². The van der Waals surface area contributed by atoms with Gasteiger partial charge in [-0.25, -0.2) is 0 Å². The lowest BCUT2D eigenvalue weighted by Gasteiger charge is -2.45. The zero-order chi connectivity index (χ0) is 23.2. The van der Waals surface area contributed by atoms with Crippen molar-refractivity contribution >= 4 is 5.57 Å². The molecule has 2 heterocycles. The molecule has 2 unspecified atom stereocenters. The Morgan fingerprint density at radius 3 is 2.61 bits per heavy atom. The average Bonchev–Trinajstić information content (AvgIpc) is 3.28. The van der Waals surface area contributed by atoms with Gasteiger partial charge in [0.05, 0.1) is 22.6 Å². The summed E-state index contributed by atoms with van der Waals surface area (Å²) in [7, 11) is 0. The van der Waals surface area contributed by atoms with Gasteiger partial charge in [-0.1, -0.05) is 55.7 Å². The highest BCUT2D eigenvalue weighted by Crippen LogP contribution is 2.47. The van der Waals surface area contributed by atoms with Crippen LogP contribution >= 0.6 is 0 Å². The summed E-state index contributed by atoms with van der Waals surface area (Å²) in [6, 6.07) is 9.15. The molecule has 170 valence electrons. The Morgan fingerprint density at radius 1 is 1.15 bits per heavy atom. The second kappa shape index (κ2) is 8.30. The Labute approximate surface area is 198 Å². The summed E-state index contributed by atoms with van der Waals surface area (Å²) in [6.07, 6.45) is 10.5. The average molecular weight is 439 g/mol. The predicted molar refractivity (Wildman–Crippen MR) is 135 cm³/mol. The Hall–Kier alpha value is -3.19. The van der Waals surface area contributed by atoms with Gasteiger partial charge in [0, 0.05) is 18.8 Å². The maximum atomic E-state index is 9.56. The molecular formula is C29H34N4. The molecule has 0 bridgehead atoms. The van der Waals surface area contributed by atoms with Gasteiger partial charge in [0.2, 0.25) is 0 Å². The number of hydrogen-bond donors (Lipinski definition) is 2. The minimum atomic E-state index is -0.220. The van der Waals surface area contributed by atoms with E-state index in [1.165, 1.54) is 22.3 Å². The number of nitriles is 1. The van der Waals surface area contributed by atoms with Crippen LogP contribution in [0.25, 0.3) is 5.57 Å². The van der Waals surface area contributed by atoms with Gasteiger partial charge < -0.3 is 15.5 Å². The third-order valence-electron chi connectivity index (χ3n) is 8.13. The highest BCUT2D eigenvalue weighted by Gasteiger charge is 2.49. The largest absolute Gasteiger partial charge is 0.371 e. The third-order valence-corrected chi connectivity index (χ3v) is 8.13.